The Hall–Kier alpha value is -2.19. The standard InChI is InChI=1S/C17H22N4O/c1-12(2)9-15-19-16(21(20-15)11-17(3,4)22)14-8-6-5-7-13(14)10-18/h5-8,12,22H,9,11H2,1-4H3. The first-order chi connectivity index (χ1) is 10.3. The molecule has 0 fully saturated rings. The summed E-state index contributed by atoms with van der Waals surface area (Å²) in [6, 6.07) is 9.52. The molecule has 0 saturated heterocycles. The highest BCUT2D eigenvalue weighted by Gasteiger charge is 2.21. The second-order valence-corrected chi connectivity index (χ2v) is 6.58. The predicted molar refractivity (Wildman–Crippen MR) is 85.0 cm³/mol. The van der Waals surface area contributed by atoms with Crippen molar-refractivity contribution in [2.24, 2.45) is 5.92 Å². The quantitative estimate of drug-likeness (QED) is 0.921. The van der Waals surface area contributed by atoms with Gasteiger partial charge in [0.15, 0.2) is 11.6 Å². The molecule has 0 aliphatic carbocycles. The van der Waals surface area contributed by atoms with E-state index < -0.39 is 5.60 Å². The molecule has 5 heteroatoms. The summed E-state index contributed by atoms with van der Waals surface area (Å²) in [6.07, 6.45) is 0.764. The number of hydrogen-bond acceptors (Lipinski definition) is 4. The number of benzene rings is 1. The highest BCUT2D eigenvalue weighted by atomic mass is 16.3. The smallest absolute Gasteiger partial charge is 0.159 e. The van der Waals surface area contributed by atoms with Crippen LogP contribution in [0.15, 0.2) is 24.3 Å². The van der Waals surface area contributed by atoms with Gasteiger partial charge in [0, 0.05) is 12.0 Å². The van der Waals surface area contributed by atoms with Gasteiger partial charge in [-0.1, -0.05) is 26.0 Å². The van der Waals surface area contributed by atoms with Crippen LogP contribution in [0.25, 0.3) is 11.4 Å². The van der Waals surface area contributed by atoms with E-state index in [9.17, 15) is 10.4 Å². The van der Waals surface area contributed by atoms with Gasteiger partial charge in [0.25, 0.3) is 0 Å². The lowest BCUT2D eigenvalue weighted by atomic mass is 10.1. The van der Waals surface area contributed by atoms with Crippen molar-refractivity contribution >= 4 is 0 Å². The normalized spacial score (nSPS) is 11.7. The average molecular weight is 298 g/mol. The minimum Gasteiger partial charge on any atom is -0.389 e. The zero-order valence-electron chi connectivity index (χ0n) is 13.5. The van der Waals surface area contributed by atoms with Crippen molar-refractivity contribution in [3.05, 3.63) is 35.7 Å². The van der Waals surface area contributed by atoms with Crippen molar-refractivity contribution in [2.75, 3.05) is 0 Å². The van der Waals surface area contributed by atoms with E-state index in [1.807, 2.05) is 18.2 Å². The summed E-state index contributed by atoms with van der Waals surface area (Å²) in [5.41, 5.74) is 0.402. The molecule has 2 aromatic rings. The molecule has 0 saturated carbocycles. The third-order valence-corrected chi connectivity index (χ3v) is 3.13. The van der Waals surface area contributed by atoms with Gasteiger partial charge in [-0.2, -0.15) is 10.4 Å². The number of nitriles is 1. The summed E-state index contributed by atoms with van der Waals surface area (Å²) >= 11 is 0. The monoisotopic (exact) mass is 298 g/mol. The van der Waals surface area contributed by atoms with Gasteiger partial charge in [0.2, 0.25) is 0 Å². The Balaban J connectivity index is 2.52. The molecule has 22 heavy (non-hydrogen) atoms. The molecule has 0 aliphatic heterocycles. The van der Waals surface area contributed by atoms with Gasteiger partial charge in [-0.15, -0.1) is 0 Å². The fraction of sp³-hybridized carbons (Fsp3) is 0.471. The second kappa shape index (κ2) is 6.29. The van der Waals surface area contributed by atoms with Crippen molar-refractivity contribution in [3.63, 3.8) is 0 Å². The number of aromatic nitrogens is 3. The molecule has 0 aliphatic rings. The zero-order chi connectivity index (χ0) is 16.3. The lowest BCUT2D eigenvalue weighted by Gasteiger charge is -2.18. The molecule has 1 heterocycles. The summed E-state index contributed by atoms with van der Waals surface area (Å²) in [5, 5.41) is 23.9. The second-order valence-electron chi connectivity index (χ2n) is 6.58. The molecule has 1 aromatic heterocycles. The van der Waals surface area contributed by atoms with E-state index in [4.69, 9.17) is 0 Å². The lowest BCUT2D eigenvalue weighted by molar-refractivity contribution is 0.0581. The molecule has 0 bridgehead atoms. The number of nitrogens with zero attached hydrogens (tertiary/aromatic N) is 4. The van der Waals surface area contributed by atoms with Crippen LogP contribution in [-0.2, 0) is 13.0 Å². The van der Waals surface area contributed by atoms with Gasteiger partial charge in [0.05, 0.1) is 23.8 Å². The van der Waals surface area contributed by atoms with Crippen molar-refractivity contribution in [1.82, 2.24) is 14.8 Å². The summed E-state index contributed by atoms with van der Waals surface area (Å²) < 4.78 is 1.70. The van der Waals surface area contributed by atoms with E-state index in [0.29, 0.717) is 23.9 Å². The van der Waals surface area contributed by atoms with Gasteiger partial charge in [-0.25, -0.2) is 9.67 Å². The molecule has 0 spiro atoms. The Morgan fingerprint density at radius 3 is 2.59 bits per heavy atom. The summed E-state index contributed by atoms with van der Waals surface area (Å²) in [6.45, 7) is 8.01. The Morgan fingerprint density at radius 1 is 1.32 bits per heavy atom. The van der Waals surface area contributed by atoms with E-state index >= 15 is 0 Å². The molecule has 0 unspecified atom stereocenters. The minimum atomic E-state index is -0.904. The summed E-state index contributed by atoms with van der Waals surface area (Å²) in [7, 11) is 0. The van der Waals surface area contributed by atoms with E-state index in [2.05, 4.69) is 30.0 Å². The van der Waals surface area contributed by atoms with Crippen LogP contribution in [0.4, 0.5) is 0 Å². The topological polar surface area (TPSA) is 74.7 Å². The van der Waals surface area contributed by atoms with Crippen LogP contribution in [0, 0.1) is 17.2 Å². The third kappa shape index (κ3) is 3.92. The molecule has 0 radical (unpaired) electrons. The van der Waals surface area contributed by atoms with Gasteiger partial charge in [0.1, 0.15) is 0 Å². The fourth-order valence-electron chi connectivity index (χ4n) is 2.29. The van der Waals surface area contributed by atoms with Crippen LogP contribution < -0.4 is 0 Å². The van der Waals surface area contributed by atoms with Gasteiger partial charge in [-0.05, 0) is 31.9 Å². The van der Waals surface area contributed by atoms with Crippen LogP contribution in [0.3, 0.4) is 0 Å². The predicted octanol–water partition coefficient (Wildman–Crippen LogP) is 2.79. The van der Waals surface area contributed by atoms with Gasteiger partial charge >= 0.3 is 0 Å². The molecule has 0 atom stereocenters. The van der Waals surface area contributed by atoms with Gasteiger partial charge in [-0.3, -0.25) is 0 Å². The van der Waals surface area contributed by atoms with Crippen LogP contribution in [0.2, 0.25) is 0 Å². The molecule has 2 rings (SSSR count). The molecule has 1 aromatic carbocycles. The molecule has 116 valence electrons. The average Bonchev–Trinajstić information content (AvgIpc) is 2.78. The SMILES string of the molecule is CC(C)Cc1nc(-c2ccccc2C#N)n(CC(C)(C)O)n1. The Labute approximate surface area is 131 Å². The zero-order valence-corrected chi connectivity index (χ0v) is 13.5. The van der Waals surface area contributed by atoms with E-state index in [-0.39, 0.29) is 0 Å². The Bertz CT molecular complexity index is 689. The molecule has 0 amide bonds. The van der Waals surface area contributed by atoms with E-state index in [0.717, 1.165) is 17.8 Å². The fourth-order valence-corrected chi connectivity index (χ4v) is 2.29. The van der Waals surface area contributed by atoms with Crippen molar-refractivity contribution in [1.29, 1.82) is 5.26 Å². The Morgan fingerprint density at radius 2 is 2.00 bits per heavy atom. The van der Waals surface area contributed by atoms with Crippen LogP contribution in [0.5, 0.6) is 0 Å². The molecular formula is C17H22N4O. The maximum Gasteiger partial charge on any atom is 0.159 e. The molecular weight excluding hydrogens is 276 g/mol. The number of hydrogen-bond donors (Lipinski definition) is 1. The van der Waals surface area contributed by atoms with Crippen molar-refractivity contribution in [3.8, 4) is 17.5 Å². The highest BCUT2D eigenvalue weighted by Crippen LogP contribution is 2.23. The first-order valence-corrected chi connectivity index (χ1v) is 7.46. The number of rotatable bonds is 5. The first-order valence-electron chi connectivity index (χ1n) is 7.46. The first kappa shape index (κ1) is 16.2. The Kier molecular flexibility index (Phi) is 4.62. The maximum absolute atomic E-state index is 10.1. The van der Waals surface area contributed by atoms with Gasteiger partial charge < -0.3 is 5.11 Å². The van der Waals surface area contributed by atoms with Crippen molar-refractivity contribution in [2.45, 2.75) is 46.3 Å². The minimum absolute atomic E-state index is 0.327. The largest absolute Gasteiger partial charge is 0.389 e. The molecule has 5 nitrogen and oxygen atoms in total. The number of aliphatic hydroxyl groups is 1. The van der Waals surface area contributed by atoms with Crippen molar-refractivity contribution < 1.29 is 5.11 Å². The van der Waals surface area contributed by atoms with Crippen LogP contribution in [-0.4, -0.2) is 25.5 Å². The van der Waals surface area contributed by atoms with Crippen LogP contribution >= 0.6 is 0 Å². The third-order valence-electron chi connectivity index (χ3n) is 3.13. The van der Waals surface area contributed by atoms with Crippen LogP contribution in [0.1, 0.15) is 39.1 Å². The lowest BCUT2D eigenvalue weighted by Crippen LogP contribution is -2.27. The highest BCUT2D eigenvalue weighted by molar-refractivity contribution is 5.64. The van der Waals surface area contributed by atoms with E-state index in [1.54, 1.807) is 24.6 Å². The van der Waals surface area contributed by atoms with E-state index in [1.165, 1.54) is 0 Å². The maximum atomic E-state index is 10.1. The summed E-state index contributed by atoms with van der Waals surface area (Å²) in [4.78, 5) is 4.60. The molecule has 1 N–H and O–H groups in total. The summed E-state index contributed by atoms with van der Waals surface area (Å²) in [5.74, 6) is 1.81.